The van der Waals surface area contributed by atoms with E-state index in [2.05, 4.69) is 0 Å². The summed E-state index contributed by atoms with van der Waals surface area (Å²) >= 11 is 0. The fraction of sp³-hybridized carbons (Fsp3) is 0.400. The summed E-state index contributed by atoms with van der Waals surface area (Å²) in [6.07, 6.45) is 0.361. The molecule has 0 fully saturated rings. The number of benzene rings is 1. The lowest BCUT2D eigenvalue weighted by Crippen LogP contribution is -2.05. The van der Waals surface area contributed by atoms with E-state index >= 15 is 0 Å². The van der Waals surface area contributed by atoms with E-state index in [0.29, 0.717) is 17.9 Å². The van der Waals surface area contributed by atoms with Crippen LogP contribution in [0.2, 0.25) is 0 Å². The molecule has 0 aliphatic carbocycles. The lowest BCUT2D eigenvalue weighted by Gasteiger charge is -2.08. The Morgan fingerprint density at radius 3 is 2.60 bits per heavy atom. The first-order valence-corrected chi connectivity index (χ1v) is 4.50. The molecule has 1 aromatic rings. The molecular weight excluding hydrogens is 198 g/mol. The van der Waals surface area contributed by atoms with Crippen molar-refractivity contribution in [1.29, 1.82) is 0 Å². The molecule has 0 aliphatic rings. The summed E-state index contributed by atoms with van der Waals surface area (Å²) < 4.78 is 10.1. The van der Waals surface area contributed by atoms with Crippen LogP contribution in [0.1, 0.15) is 5.56 Å². The van der Waals surface area contributed by atoms with Crippen LogP contribution in [0.4, 0.5) is 0 Å². The average molecular weight is 211 g/mol. The van der Waals surface area contributed by atoms with Gasteiger partial charge >= 0.3 is 0 Å². The second-order valence-corrected chi connectivity index (χ2v) is 2.98. The van der Waals surface area contributed by atoms with Crippen LogP contribution in [0.3, 0.4) is 0 Å². The molecule has 82 valence electrons. The van der Waals surface area contributed by atoms with Gasteiger partial charge in [-0.25, -0.2) is 0 Å². The Labute approximate surface area is 87.8 Å². The summed E-state index contributed by atoms with van der Waals surface area (Å²) in [5.74, 6) is 1.30. The number of hydrogen-bond acceptors (Lipinski definition) is 4. The van der Waals surface area contributed by atoms with Gasteiger partial charge in [-0.15, -0.1) is 0 Å². The number of methoxy groups -OCH3 is 2. The van der Waals surface area contributed by atoms with E-state index in [4.69, 9.17) is 9.47 Å². The fourth-order valence-corrected chi connectivity index (χ4v) is 1.27. The molecule has 0 heterocycles. The van der Waals surface area contributed by atoms with Crippen LogP contribution < -0.4 is 9.47 Å². The number of hydrogen-bond donors (Lipinski definition) is 0. The molecule has 0 amide bonds. The van der Waals surface area contributed by atoms with Gasteiger partial charge in [-0.3, -0.25) is 10.1 Å². The number of nitrogens with zero attached hydrogens (tertiary/aromatic N) is 1. The molecule has 5 heteroatoms. The van der Waals surface area contributed by atoms with Gasteiger partial charge in [0.15, 0.2) is 0 Å². The second kappa shape index (κ2) is 5.19. The zero-order valence-corrected chi connectivity index (χ0v) is 8.73. The second-order valence-electron chi connectivity index (χ2n) is 2.98. The standard InChI is InChI=1S/C10H13NO4/c1-14-9-4-3-8(5-6-11(12)13)10(7-9)15-2/h3-4,7H,5-6H2,1-2H3. The predicted molar refractivity (Wildman–Crippen MR) is 55.1 cm³/mol. The highest BCUT2D eigenvalue weighted by Gasteiger charge is 2.07. The molecule has 0 unspecified atom stereocenters. The highest BCUT2D eigenvalue weighted by Crippen LogP contribution is 2.24. The van der Waals surface area contributed by atoms with Crippen molar-refractivity contribution in [2.45, 2.75) is 6.42 Å². The molecule has 1 rings (SSSR count). The van der Waals surface area contributed by atoms with Gasteiger partial charge in [-0.1, -0.05) is 6.07 Å². The van der Waals surface area contributed by atoms with Gasteiger partial charge in [0.05, 0.1) is 14.2 Å². The molecule has 1 aromatic carbocycles. The normalized spacial score (nSPS) is 9.73. The maximum absolute atomic E-state index is 10.2. The van der Waals surface area contributed by atoms with E-state index in [0.717, 1.165) is 5.56 Å². The van der Waals surface area contributed by atoms with Crippen molar-refractivity contribution in [3.05, 3.63) is 33.9 Å². The minimum atomic E-state index is -0.344. The van der Waals surface area contributed by atoms with Crippen molar-refractivity contribution in [3.63, 3.8) is 0 Å². The zero-order valence-electron chi connectivity index (χ0n) is 8.73. The van der Waals surface area contributed by atoms with Gasteiger partial charge in [0, 0.05) is 23.0 Å². The van der Waals surface area contributed by atoms with Crippen LogP contribution in [0.5, 0.6) is 11.5 Å². The third kappa shape index (κ3) is 3.12. The minimum absolute atomic E-state index is 0.0946. The molecule has 0 N–H and O–H groups in total. The molecule has 15 heavy (non-hydrogen) atoms. The molecule has 0 saturated heterocycles. The van der Waals surface area contributed by atoms with Crippen molar-refractivity contribution in [3.8, 4) is 11.5 Å². The Kier molecular flexibility index (Phi) is 3.91. The molecule has 0 atom stereocenters. The monoisotopic (exact) mass is 211 g/mol. The number of nitro groups is 1. The highest BCUT2D eigenvalue weighted by molar-refractivity contribution is 5.40. The largest absolute Gasteiger partial charge is 0.497 e. The highest BCUT2D eigenvalue weighted by atomic mass is 16.6. The maximum atomic E-state index is 10.2. The first-order valence-electron chi connectivity index (χ1n) is 4.50. The van der Waals surface area contributed by atoms with Gasteiger partial charge in [0.1, 0.15) is 11.5 Å². The molecule has 0 aromatic heterocycles. The summed E-state index contributed by atoms with van der Waals surface area (Å²) in [5.41, 5.74) is 0.815. The number of rotatable bonds is 5. The Balaban J connectivity index is 2.82. The van der Waals surface area contributed by atoms with Gasteiger partial charge in [-0.2, -0.15) is 0 Å². The van der Waals surface area contributed by atoms with Crippen molar-refractivity contribution in [2.24, 2.45) is 0 Å². The van der Waals surface area contributed by atoms with Gasteiger partial charge in [0.2, 0.25) is 6.54 Å². The summed E-state index contributed by atoms with van der Waals surface area (Å²) in [5, 5.41) is 10.2. The first-order chi connectivity index (χ1) is 7.17. The average Bonchev–Trinajstić information content (AvgIpc) is 2.25. The van der Waals surface area contributed by atoms with Crippen molar-refractivity contribution in [2.75, 3.05) is 20.8 Å². The smallest absolute Gasteiger partial charge is 0.208 e. The fourth-order valence-electron chi connectivity index (χ4n) is 1.27. The molecule has 0 radical (unpaired) electrons. The Morgan fingerprint density at radius 1 is 1.33 bits per heavy atom. The lowest BCUT2D eigenvalue weighted by molar-refractivity contribution is -0.479. The topological polar surface area (TPSA) is 61.6 Å². The molecule has 0 bridgehead atoms. The summed E-state index contributed by atoms with van der Waals surface area (Å²) in [6.45, 7) is -0.0946. The molecule has 5 nitrogen and oxygen atoms in total. The van der Waals surface area contributed by atoms with Gasteiger partial charge in [-0.05, 0) is 6.07 Å². The van der Waals surface area contributed by atoms with E-state index < -0.39 is 0 Å². The molecule has 0 spiro atoms. The van der Waals surface area contributed by atoms with Crippen LogP contribution in [0, 0.1) is 10.1 Å². The third-order valence-corrected chi connectivity index (χ3v) is 2.06. The molecular formula is C10H13NO4. The quantitative estimate of drug-likeness (QED) is 0.547. The Morgan fingerprint density at radius 2 is 2.07 bits per heavy atom. The maximum Gasteiger partial charge on any atom is 0.208 e. The van der Waals surface area contributed by atoms with Crippen LogP contribution in [-0.4, -0.2) is 25.7 Å². The van der Waals surface area contributed by atoms with Crippen LogP contribution in [-0.2, 0) is 6.42 Å². The molecule has 0 aliphatic heterocycles. The van der Waals surface area contributed by atoms with Crippen molar-refractivity contribution in [1.82, 2.24) is 0 Å². The van der Waals surface area contributed by atoms with Crippen molar-refractivity contribution >= 4 is 0 Å². The van der Waals surface area contributed by atoms with Crippen molar-refractivity contribution < 1.29 is 14.4 Å². The van der Waals surface area contributed by atoms with E-state index in [1.807, 2.05) is 0 Å². The minimum Gasteiger partial charge on any atom is -0.497 e. The third-order valence-electron chi connectivity index (χ3n) is 2.06. The van der Waals surface area contributed by atoms with Crippen LogP contribution >= 0.6 is 0 Å². The van der Waals surface area contributed by atoms with E-state index in [1.165, 1.54) is 7.11 Å². The zero-order chi connectivity index (χ0) is 11.3. The number of ether oxygens (including phenoxy) is 2. The van der Waals surface area contributed by atoms with Crippen LogP contribution in [0.25, 0.3) is 0 Å². The first kappa shape index (κ1) is 11.3. The summed E-state index contributed by atoms with van der Waals surface area (Å²) in [7, 11) is 3.09. The van der Waals surface area contributed by atoms with E-state index in [1.54, 1.807) is 25.3 Å². The van der Waals surface area contributed by atoms with Gasteiger partial charge < -0.3 is 9.47 Å². The summed E-state index contributed by atoms with van der Waals surface area (Å²) in [4.78, 5) is 9.89. The van der Waals surface area contributed by atoms with E-state index in [9.17, 15) is 10.1 Å². The lowest BCUT2D eigenvalue weighted by atomic mass is 10.1. The van der Waals surface area contributed by atoms with Crippen LogP contribution in [0.15, 0.2) is 18.2 Å². The van der Waals surface area contributed by atoms with E-state index in [-0.39, 0.29) is 11.5 Å². The summed E-state index contributed by atoms with van der Waals surface area (Å²) in [6, 6.07) is 5.26. The predicted octanol–water partition coefficient (Wildman–Crippen LogP) is 1.52. The Bertz CT molecular complexity index is 351. The Hall–Kier alpha value is -1.78. The SMILES string of the molecule is COc1ccc(CC[N+](=O)[O-])c(OC)c1. The molecule has 0 saturated carbocycles. The van der Waals surface area contributed by atoms with Gasteiger partial charge in [0.25, 0.3) is 0 Å².